The molecule has 4 nitrogen and oxygen atoms in total. The molecule has 2 aliphatic carbocycles. The number of nitrogens with zero attached hydrogens (tertiary/aromatic N) is 2. The zero-order valence-corrected chi connectivity index (χ0v) is 39.9. The van der Waals surface area contributed by atoms with Gasteiger partial charge in [0.2, 0.25) is 0 Å². The highest BCUT2D eigenvalue weighted by Crippen LogP contribution is 2.57. The third kappa shape index (κ3) is 6.14. The Morgan fingerprint density at radius 2 is 0.764 bits per heavy atom. The highest BCUT2D eigenvalue weighted by molar-refractivity contribution is 6.24. The van der Waals surface area contributed by atoms with Gasteiger partial charge in [0.05, 0.1) is 33.4 Å². The largest absolute Gasteiger partial charge is 0.454 e. The van der Waals surface area contributed by atoms with E-state index in [1.54, 1.807) is 24.3 Å². The van der Waals surface area contributed by atoms with E-state index in [0.29, 0.717) is 0 Å². The van der Waals surface area contributed by atoms with Gasteiger partial charge >= 0.3 is 0 Å². The maximum absolute atomic E-state index is 16.6. The minimum Gasteiger partial charge on any atom is -0.454 e. The summed E-state index contributed by atoms with van der Waals surface area (Å²) in [4.78, 5) is 0. The third-order valence-corrected chi connectivity index (χ3v) is 16.6. The molecule has 6 heteroatoms. The van der Waals surface area contributed by atoms with Gasteiger partial charge in [-0.25, -0.2) is 8.78 Å². The minimum atomic E-state index is -0.305. The Morgan fingerprint density at radius 1 is 0.361 bits per heavy atom. The van der Waals surface area contributed by atoms with Crippen LogP contribution in [0, 0.1) is 11.6 Å². The van der Waals surface area contributed by atoms with Crippen LogP contribution in [0.2, 0.25) is 0 Å². The molecule has 0 unspecified atom stereocenters. The van der Waals surface area contributed by atoms with E-state index in [1.165, 1.54) is 11.1 Å². The number of hydrogen-bond acceptors (Lipinski definition) is 2. The van der Waals surface area contributed by atoms with E-state index in [4.69, 9.17) is 8.83 Å². The summed E-state index contributed by atoms with van der Waals surface area (Å²) in [5.41, 5.74) is 15.3. The van der Waals surface area contributed by atoms with E-state index < -0.39 is 0 Å². The van der Waals surface area contributed by atoms with E-state index in [1.807, 2.05) is 30.3 Å². The lowest BCUT2D eigenvalue weighted by Gasteiger charge is -2.37. The summed E-state index contributed by atoms with van der Waals surface area (Å²) in [5, 5.41) is 8.60. The summed E-state index contributed by atoms with van der Waals surface area (Å²) in [6, 6.07) is 57.5. The van der Waals surface area contributed by atoms with Gasteiger partial charge < -0.3 is 18.0 Å². The average Bonchev–Trinajstić information content (AvgIpc) is 4.18. The van der Waals surface area contributed by atoms with Crippen molar-refractivity contribution in [2.75, 3.05) is 0 Å². The molecule has 0 N–H and O–H groups in total. The monoisotopic (exact) mass is 940 g/mol. The molecule has 0 saturated heterocycles. The fourth-order valence-corrected chi connectivity index (χ4v) is 13.6. The van der Waals surface area contributed by atoms with Crippen LogP contribution < -0.4 is 0 Å². The molecule has 0 amide bonds. The van der Waals surface area contributed by atoms with Crippen molar-refractivity contribution < 1.29 is 17.6 Å². The highest BCUT2D eigenvalue weighted by Gasteiger charge is 2.38. The molecular weight excluding hydrogens is 891 g/mol. The quantitative estimate of drug-likeness (QED) is 0.167. The number of halogens is 2. The Morgan fingerprint density at radius 3 is 1.22 bits per heavy atom. The first-order valence-electron chi connectivity index (χ1n) is 26.0. The maximum Gasteiger partial charge on any atom is 0.160 e. The van der Waals surface area contributed by atoms with E-state index in [-0.39, 0.29) is 23.5 Å². The molecule has 4 aromatic heterocycles. The van der Waals surface area contributed by atoms with E-state index in [0.717, 1.165) is 185 Å². The molecule has 4 heterocycles. The van der Waals surface area contributed by atoms with Gasteiger partial charge in [0, 0.05) is 54.2 Å². The lowest BCUT2D eigenvalue weighted by molar-refractivity contribution is 0.435. The second-order valence-corrected chi connectivity index (χ2v) is 20.5. The van der Waals surface area contributed by atoms with Crippen molar-refractivity contribution in [2.24, 2.45) is 0 Å². The summed E-state index contributed by atoms with van der Waals surface area (Å²) in [7, 11) is 0. The SMILES string of the molecule is Fc1cccc(-c2c(C3CCCCC3)c(-n3c4ccccc4c4ccc5c6ccccc6oc5c43)c(C3CCCCC3)c(-c3cccc(F)c3)c2-n2c3ccccc3c3ccc4c5ccccc5oc4c32)c1. The van der Waals surface area contributed by atoms with Crippen LogP contribution in [0.15, 0.2) is 179 Å². The summed E-state index contributed by atoms with van der Waals surface area (Å²) >= 11 is 0. The molecular formula is C66H50F2N2O2. The van der Waals surface area contributed by atoms with Crippen LogP contribution in [0.1, 0.15) is 87.2 Å². The van der Waals surface area contributed by atoms with E-state index >= 15 is 8.78 Å². The lowest BCUT2D eigenvalue weighted by Crippen LogP contribution is -2.20. The molecule has 0 bridgehead atoms. The van der Waals surface area contributed by atoms with Crippen LogP contribution in [0.25, 0.3) is 121 Å². The van der Waals surface area contributed by atoms with E-state index in [9.17, 15) is 0 Å². The molecule has 0 spiro atoms. The second-order valence-electron chi connectivity index (χ2n) is 20.5. The molecule has 9 aromatic carbocycles. The van der Waals surface area contributed by atoms with Gasteiger partial charge in [-0.15, -0.1) is 0 Å². The Labute approximate surface area is 414 Å². The molecule has 72 heavy (non-hydrogen) atoms. The molecule has 0 aliphatic heterocycles. The Hall–Kier alpha value is -7.96. The smallest absolute Gasteiger partial charge is 0.160 e. The molecule has 0 atom stereocenters. The maximum atomic E-state index is 16.6. The predicted octanol–water partition coefficient (Wildman–Crippen LogP) is 19.4. The van der Waals surface area contributed by atoms with Gasteiger partial charge in [-0.1, -0.05) is 148 Å². The van der Waals surface area contributed by atoms with Crippen LogP contribution in [-0.4, -0.2) is 9.13 Å². The van der Waals surface area contributed by atoms with Crippen molar-refractivity contribution in [3.05, 3.63) is 193 Å². The van der Waals surface area contributed by atoms with Crippen molar-refractivity contribution in [3.8, 4) is 33.6 Å². The van der Waals surface area contributed by atoms with Crippen molar-refractivity contribution in [3.63, 3.8) is 0 Å². The highest BCUT2D eigenvalue weighted by atomic mass is 19.1. The van der Waals surface area contributed by atoms with Crippen LogP contribution in [0.4, 0.5) is 8.78 Å². The summed E-state index contributed by atoms with van der Waals surface area (Å²) in [6.07, 6.45) is 10.6. The van der Waals surface area contributed by atoms with Crippen molar-refractivity contribution >= 4 is 87.5 Å². The number of benzene rings is 9. The molecule has 13 aromatic rings. The zero-order valence-electron chi connectivity index (χ0n) is 39.9. The second kappa shape index (κ2) is 16.3. The van der Waals surface area contributed by atoms with Gasteiger partial charge in [0.1, 0.15) is 22.8 Å². The van der Waals surface area contributed by atoms with E-state index in [2.05, 4.69) is 124 Å². The predicted molar refractivity (Wildman–Crippen MR) is 292 cm³/mol. The zero-order chi connectivity index (χ0) is 47.6. The van der Waals surface area contributed by atoms with Gasteiger partial charge in [0.15, 0.2) is 11.2 Å². The van der Waals surface area contributed by atoms with Crippen molar-refractivity contribution in [2.45, 2.75) is 76.0 Å². The van der Waals surface area contributed by atoms with Crippen molar-refractivity contribution in [1.82, 2.24) is 9.13 Å². The van der Waals surface area contributed by atoms with Crippen LogP contribution in [-0.2, 0) is 0 Å². The number of fused-ring (bicyclic) bond motifs is 14. The molecule has 2 aliphatic rings. The summed E-state index contributed by atoms with van der Waals surface area (Å²) in [6.45, 7) is 0. The fraction of sp³-hybridized carbons (Fsp3) is 0.182. The van der Waals surface area contributed by atoms with Crippen molar-refractivity contribution in [1.29, 1.82) is 0 Å². The van der Waals surface area contributed by atoms with Gasteiger partial charge in [-0.2, -0.15) is 0 Å². The third-order valence-electron chi connectivity index (χ3n) is 16.6. The first-order chi connectivity index (χ1) is 35.6. The first kappa shape index (κ1) is 41.8. The topological polar surface area (TPSA) is 36.1 Å². The standard InChI is InChI=1S/C66H50F2N2O2/c67-43-23-15-21-41(37-43)59-57(39-17-3-1-4-18-39)63(69-53-29-11-7-25-45(53)49-33-35-51-47-27-9-13-31-55(47)71-65(51)61(49)69)58(40-19-5-2-6-20-40)60(42-22-16-24-44(68)38-42)64(59)70-54-30-12-8-26-46(54)50-34-36-52-48-28-10-14-32-56(48)72-66(52)62(50)70/h7-16,21-40H,1-6,17-20H2. The lowest BCUT2D eigenvalue weighted by atomic mass is 9.72. The molecule has 0 radical (unpaired) electrons. The molecule has 15 rings (SSSR count). The summed E-state index contributed by atoms with van der Waals surface area (Å²) < 4.78 is 52.3. The van der Waals surface area contributed by atoms with Gasteiger partial charge in [-0.3, -0.25) is 0 Å². The number of furan rings is 2. The number of para-hydroxylation sites is 4. The number of aromatic nitrogens is 2. The van der Waals surface area contributed by atoms with Gasteiger partial charge in [0.25, 0.3) is 0 Å². The molecule has 350 valence electrons. The Bertz CT molecular complexity index is 4250. The van der Waals surface area contributed by atoms with Crippen LogP contribution in [0.5, 0.6) is 0 Å². The van der Waals surface area contributed by atoms with Crippen LogP contribution >= 0.6 is 0 Å². The Kier molecular flexibility index (Phi) is 9.46. The molecule has 2 saturated carbocycles. The normalized spacial score (nSPS) is 15.2. The number of rotatable bonds is 6. The summed E-state index contributed by atoms with van der Waals surface area (Å²) in [5.74, 6) is -0.387. The number of hydrogen-bond donors (Lipinski definition) is 0. The van der Waals surface area contributed by atoms with Gasteiger partial charge in [-0.05, 0) is 120 Å². The fourth-order valence-electron chi connectivity index (χ4n) is 13.6. The molecule has 2 fully saturated rings. The first-order valence-corrected chi connectivity index (χ1v) is 26.0. The Balaban J connectivity index is 1.26. The minimum absolute atomic E-state index is 0.111. The average molecular weight is 941 g/mol. The van der Waals surface area contributed by atoms with Crippen LogP contribution in [0.3, 0.4) is 0 Å².